The lowest BCUT2D eigenvalue weighted by Gasteiger charge is -2.10. The normalized spacial score (nSPS) is 10.2. The molecule has 0 bridgehead atoms. The maximum absolute atomic E-state index is 11.9. The first kappa shape index (κ1) is 19.4. The van der Waals surface area contributed by atoms with Crippen molar-refractivity contribution in [2.45, 2.75) is 6.92 Å². The number of para-hydroxylation sites is 1. The zero-order chi connectivity index (χ0) is 19.8. The van der Waals surface area contributed by atoms with Crippen molar-refractivity contribution in [2.75, 3.05) is 29.0 Å². The van der Waals surface area contributed by atoms with Crippen LogP contribution in [0.2, 0.25) is 5.02 Å². The van der Waals surface area contributed by atoms with Gasteiger partial charge in [0.1, 0.15) is 11.6 Å². The largest absolute Gasteiger partial charge is 0.367 e. The van der Waals surface area contributed by atoms with Crippen LogP contribution in [0.25, 0.3) is 0 Å². The number of benzene rings is 1. The molecule has 0 radical (unpaired) electrons. The highest BCUT2D eigenvalue weighted by molar-refractivity contribution is 6.33. The molecule has 2 aromatic heterocycles. The van der Waals surface area contributed by atoms with Gasteiger partial charge >= 0.3 is 6.03 Å². The van der Waals surface area contributed by atoms with Crippen molar-refractivity contribution in [2.24, 2.45) is 0 Å². The van der Waals surface area contributed by atoms with E-state index in [9.17, 15) is 4.79 Å². The van der Waals surface area contributed by atoms with Gasteiger partial charge in [0.15, 0.2) is 5.82 Å². The fourth-order valence-electron chi connectivity index (χ4n) is 2.32. The van der Waals surface area contributed by atoms with Gasteiger partial charge in [0.2, 0.25) is 0 Å². The molecular formula is C19H20ClN7O. The summed E-state index contributed by atoms with van der Waals surface area (Å²) in [7, 11) is 0. The fraction of sp³-hybridized carbons (Fsp3) is 0.158. The van der Waals surface area contributed by atoms with Crippen LogP contribution in [0.1, 0.15) is 5.56 Å². The van der Waals surface area contributed by atoms with Gasteiger partial charge in [0, 0.05) is 19.3 Å². The van der Waals surface area contributed by atoms with Crippen LogP contribution in [0.5, 0.6) is 0 Å². The Morgan fingerprint density at radius 1 is 1.00 bits per heavy atom. The number of pyridine rings is 1. The van der Waals surface area contributed by atoms with Crippen molar-refractivity contribution in [1.82, 2.24) is 20.5 Å². The second-order valence-corrected chi connectivity index (χ2v) is 6.34. The summed E-state index contributed by atoms with van der Waals surface area (Å²) < 4.78 is 0. The molecule has 0 aliphatic heterocycles. The summed E-state index contributed by atoms with van der Waals surface area (Å²) in [4.78, 5) is 16.1. The summed E-state index contributed by atoms with van der Waals surface area (Å²) in [5.41, 5.74) is 1.67. The number of carbonyl (C=O) groups excluding carboxylic acids is 1. The van der Waals surface area contributed by atoms with Gasteiger partial charge in [-0.15, -0.1) is 10.2 Å². The van der Waals surface area contributed by atoms with E-state index in [1.165, 1.54) is 0 Å². The second-order valence-electron chi connectivity index (χ2n) is 5.93. The lowest BCUT2D eigenvalue weighted by atomic mass is 10.3. The van der Waals surface area contributed by atoms with Crippen molar-refractivity contribution in [3.8, 4) is 0 Å². The van der Waals surface area contributed by atoms with Crippen LogP contribution >= 0.6 is 11.6 Å². The van der Waals surface area contributed by atoms with E-state index in [-0.39, 0.29) is 6.03 Å². The molecule has 2 heterocycles. The molecule has 0 atom stereocenters. The molecule has 0 unspecified atom stereocenters. The van der Waals surface area contributed by atoms with Crippen LogP contribution in [0, 0.1) is 6.92 Å². The fourth-order valence-corrected chi connectivity index (χ4v) is 2.51. The van der Waals surface area contributed by atoms with Gasteiger partial charge in [0.05, 0.1) is 10.7 Å². The van der Waals surface area contributed by atoms with Crippen molar-refractivity contribution in [1.29, 1.82) is 0 Å². The van der Waals surface area contributed by atoms with E-state index in [0.717, 1.165) is 5.56 Å². The number of nitrogens with one attached hydrogen (secondary N) is 4. The van der Waals surface area contributed by atoms with Gasteiger partial charge in [-0.2, -0.15) is 0 Å². The Hall–Kier alpha value is -3.39. The molecule has 144 valence electrons. The van der Waals surface area contributed by atoms with Gasteiger partial charge in [-0.3, -0.25) is 0 Å². The van der Waals surface area contributed by atoms with Gasteiger partial charge in [0.25, 0.3) is 0 Å². The highest BCUT2D eigenvalue weighted by Gasteiger charge is 2.04. The lowest BCUT2D eigenvalue weighted by molar-refractivity contribution is 0.252. The molecule has 4 N–H and O–H groups in total. The molecule has 0 saturated heterocycles. The predicted octanol–water partition coefficient (Wildman–Crippen LogP) is 3.81. The van der Waals surface area contributed by atoms with Gasteiger partial charge in [-0.1, -0.05) is 23.7 Å². The van der Waals surface area contributed by atoms with Gasteiger partial charge < -0.3 is 21.3 Å². The molecule has 8 nitrogen and oxygen atoms in total. The van der Waals surface area contributed by atoms with E-state index in [1.807, 2.05) is 19.1 Å². The second kappa shape index (κ2) is 9.52. The number of carbonyl (C=O) groups is 1. The van der Waals surface area contributed by atoms with Crippen molar-refractivity contribution >= 4 is 40.8 Å². The average Bonchev–Trinajstić information content (AvgIpc) is 2.68. The van der Waals surface area contributed by atoms with Crippen LogP contribution in [-0.4, -0.2) is 34.3 Å². The van der Waals surface area contributed by atoms with E-state index in [4.69, 9.17) is 11.6 Å². The van der Waals surface area contributed by atoms with E-state index in [2.05, 4.69) is 36.4 Å². The minimum atomic E-state index is -0.328. The number of amides is 2. The number of nitrogens with zero attached hydrogens (tertiary/aromatic N) is 3. The molecule has 0 saturated carbocycles. The number of halogens is 1. The van der Waals surface area contributed by atoms with Crippen LogP contribution in [0.3, 0.4) is 0 Å². The summed E-state index contributed by atoms with van der Waals surface area (Å²) >= 11 is 6.00. The van der Waals surface area contributed by atoms with E-state index < -0.39 is 0 Å². The number of anilines is 4. The third-order valence-corrected chi connectivity index (χ3v) is 4.00. The quantitative estimate of drug-likeness (QED) is 0.452. The molecule has 0 aliphatic carbocycles. The summed E-state index contributed by atoms with van der Waals surface area (Å²) in [5, 5.41) is 20.3. The molecule has 1 aromatic carbocycles. The summed E-state index contributed by atoms with van der Waals surface area (Å²) in [6, 6.07) is 14.2. The molecular weight excluding hydrogens is 378 g/mol. The topological polar surface area (TPSA) is 104 Å². The smallest absolute Gasteiger partial charge is 0.319 e. The number of hydrogen-bond acceptors (Lipinski definition) is 6. The summed E-state index contributed by atoms with van der Waals surface area (Å²) in [5.74, 6) is 1.92. The summed E-state index contributed by atoms with van der Waals surface area (Å²) in [6.45, 7) is 2.90. The predicted molar refractivity (Wildman–Crippen MR) is 111 cm³/mol. The molecule has 0 fully saturated rings. The van der Waals surface area contributed by atoms with E-state index >= 15 is 0 Å². The minimum Gasteiger partial charge on any atom is -0.367 e. The lowest BCUT2D eigenvalue weighted by Crippen LogP contribution is -2.32. The van der Waals surface area contributed by atoms with E-state index in [0.29, 0.717) is 41.3 Å². The Morgan fingerprint density at radius 2 is 1.79 bits per heavy atom. The Morgan fingerprint density at radius 3 is 2.54 bits per heavy atom. The van der Waals surface area contributed by atoms with Crippen molar-refractivity contribution in [3.05, 3.63) is 65.3 Å². The number of hydrogen-bond donors (Lipinski definition) is 4. The van der Waals surface area contributed by atoms with Crippen LogP contribution < -0.4 is 21.3 Å². The zero-order valence-corrected chi connectivity index (χ0v) is 16.0. The van der Waals surface area contributed by atoms with Crippen LogP contribution in [0.15, 0.2) is 54.7 Å². The van der Waals surface area contributed by atoms with Crippen molar-refractivity contribution < 1.29 is 4.79 Å². The van der Waals surface area contributed by atoms with Crippen LogP contribution in [0.4, 0.5) is 27.9 Å². The summed E-state index contributed by atoms with van der Waals surface area (Å²) in [6.07, 6.45) is 1.73. The number of rotatable bonds is 7. The van der Waals surface area contributed by atoms with E-state index in [1.54, 1.807) is 42.6 Å². The minimum absolute atomic E-state index is 0.328. The Kier molecular flexibility index (Phi) is 6.59. The Balaban J connectivity index is 1.40. The first-order valence-electron chi connectivity index (χ1n) is 8.67. The Labute approximate surface area is 167 Å². The number of aromatic nitrogens is 3. The van der Waals surface area contributed by atoms with Crippen LogP contribution in [-0.2, 0) is 0 Å². The zero-order valence-electron chi connectivity index (χ0n) is 15.2. The van der Waals surface area contributed by atoms with Gasteiger partial charge in [-0.25, -0.2) is 9.78 Å². The third kappa shape index (κ3) is 5.82. The molecule has 3 aromatic rings. The Bertz CT molecular complexity index is 934. The standard InChI is InChI=1S/C19H20ClN7O/c1-13-8-9-21-18(12-13)25-17-7-6-16(26-27-17)22-10-11-23-19(28)24-15-5-3-2-4-14(15)20/h2-9,12H,10-11H2,1H3,(H,22,26)(H,21,25,27)(H2,23,24,28). The maximum Gasteiger partial charge on any atom is 0.319 e. The third-order valence-electron chi connectivity index (χ3n) is 3.67. The first-order valence-corrected chi connectivity index (χ1v) is 9.04. The molecule has 0 spiro atoms. The molecule has 28 heavy (non-hydrogen) atoms. The monoisotopic (exact) mass is 397 g/mol. The number of urea groups is 1. The highest BCUT2D eigenvalue weighted by atomic mass is 35.5. The maximum atomic E-state index is 11.9. The molecule has 3 rings (SSSR count). The molecule has 2 amide bonds. The highest BCUT2D eigenvalue weighted by Crippen LogP contribution is 2.20. The average molecular weight is 398 g/mol. The van der Waals surface area contributed by atoms with Gasteiger partial charge in [-0.05, 0) is 48.9 Å². The first-order chi connectivity index (χ1) is 13.6. The molecule has 0 aliphatic rings. The molecule has 9 heteroatoms. The SMILES string of the molecule is Cc1ccnc(Nc2ccc(NCCNC(=O)Nc3ccccc3Cl)nn2)c1. The number of aryl methyl sites for hydroxylation is 1. The van der Waals surface area contributed by atoms with Crippen molar-refractivity contribution in [3.63, 3.8) is 0 Å².